The average molecular weight is 397 g/mol. The van der Waals surface area contributed by atoms with Crippen LogP contribution >= 0.6 is 0 Å². The summed E-state index contributed by atoms with van der Waals surface area (Å²) in [6.45, 7) is 6.53. The van der Waals surface area contributed by atoms with E-state index in [0.717, 1.165) is 40.5 Å². The number of rotatable bonds is 4. The Balaban J connectivity index is 1.88. The summed E-state index contributed by atoms with van der Waals surface area (Å²) < 4.78 is 10.7. The van der Waals surface area contributed by atoms with Crippen molar-refractivity contribution in [2.45, 2.75) is 27.2 Å². The molecule has 2 aromatic heterocycles. The molecule has 2 heterocycles. The zero-order chi connectivity index (χ0) is 20.8. The highest BCUT2D eigenvalue weighted by Gasteiger charge is 2.29. The Hall–Kier alpha value is -3.40. The van der Waals surface area contributed by atoms with Gasteiger partial charge in [0.25, 0.3) is 5.82 Å². The van der Waals surface area contributed by atoms with E-state index in [9.17, 15) is 0 Å². The van der Waals surface area contributed by atoms with Gasteiger partial charge in [0.2, 0.25) is 0 Å². The van der Waals surface area contributed by atoms with Crippen LogP contribution in [0.3, 0.4) is 0 Å². The van der Waals surface area contributed by atoms with Crippen molar-refractivity contribution in [1.82, 2.24) is 9.55 Å². The molecular formula is C26H26N3O+. The van der Waals surface area contributed by atoms with Crippen LogP contribution < -0.4 is 4.57 Å². The van der Waals surface area contributed by atoms with Gasteiger partial charge in [-0.15, -0.1) is 0 Å². The van der Waals surface area contributed by atoms with Crippen molar-refractivity contribution < 1.29 is 8.98 Å². The molecule has 4 nitrogen and oxygen atoms in total. The van der Waals surface area contributed by atoms with E-state index in [-0.39, 0.29) is 0 Å². The lowest BCUT2D eigenvalue weighted by Crippen LogP contribution is -2.30. The van der Waals surface area contributed by atoms with Crippen molar-refractivity contribution in [2.24, 2.45) is 13.0 Å². The van der Waals surface area contributed by atoms with Crippen molar-refractivity contribution in [1.29, 1.82) is 0 Å². The molecule has 0 amide bonds. The zero-order valence-corrected chi connectivity index (χ0v) is 17.9. The van der Waals surface area contributed by atoms with Gasteiger partial charge in [-0.25, -0.2) is 9.55 Å². The fourth-order valence-electron chi connectivity index (χ4n) is 4.29. The standard InChI is InChI=1S/C26H26N3O/c1-17(2)16-23-27-25-22(30-23)15-14-18(3)24(25)26-28(4)20-12-8-9-13-21(20)29(26)19-10-6-5-7-11-19/h5-15,17H,16H2,1-4H3/q+1. The van der Waals surface area contributed by atoms with Crippen molar-refractivity contribution in [3.05, 3.63) is 78.2 Å². The van der Waals surface area contributed by atoms with Crippen molar-refractivity contribution in [3.63, 3.8) is 0 Å². The summed E-state index contributed by atoms with van der Waals surface area (Å²) in [6.07, 6.45) is 0.834. The van der Waals surface area contributed by atoms with Gasteiger partial charge in [-0.05, 0) is 48.7 Å². The van der Waals surface area contributed by atoms with E-state index in [0.29, 0.717) is 5.92 Å². The van der Waals surface area contributed by atoms with Crippen LogP contribution in [0.4, 0.5) is 0 Å². The van der Waals surface area contributed by atoms with Gasteiger partial charge in [0.05, 0.1) is 12.6 Å². The quantitative estimate of drug-likeness (QED) is 0.362. The fraction of sp³-hybridized carbons (Fsp3) is 0.231. The number of hydrogen-bond acceptors (Lipinski definition) is 2. The third-order valence-electron chi connectivity index (χ3n) is 5.65. The van der Waals surface area contributed by atoms with Crippen LogP contribution in [0, 0.1) is 12.8 Å². The van der Waals surface area contributed by atoms with Gasteiger partial charge in [-0.1, -0.05) is 50.2 Å². The summed E-state index contributed by atoms with van der Waals surface area (Å²) in [6, 6.07) is 23.2. The van der Waals surface area contributed by atoms with Gasteiger partial charge in [-0.2, -0.15) is 4.57 Å². The molecule has 0 aliphatic carbocycles. The number of hydrogen-bond donors (Lipinski definition) is 0. The molecule has 4 heteroatoms. The van der Waals surface area contributed by atoms with Crippen LogP contribution in [0.5, 0.6) is 0 Å². The minimum atomic E-state index is 0.495. The molecule has 150 valence electrons. The first-order chi connectivity index (χ1) is 14.5. The van der Waals surface area contributed by atoms with Gasteiger partial charge in [0.15, 0.2) is 22.5 Å². The highest BCUT2D eigenvalue weighted by Crippen LogP contribution is 2.34. The molecule has 0 saturated carbocycles. The van der Waals surface area contributed by atoms with Crippen LogP contribution in [-0.4, -0.2) is 9.55 Å². The highest BCUT2D eigenvalue weighted by atomic mass is 16.3. The van der Waals surface area contributed by atoms with Gasteiger partial charge in [0.1, 0.15) is 11.2 Å². The Bertz CT molecular complexity index is 1360. The lowest BCUT2D eigenvalue weighted by molar-refractivity contribution is -0.633. The maximum absolute atomic E-state index is 6.13. The summed E-state index contributed by atoms with van der Waals surface area (Å²) in [7, 11) is 2.13. The molecule has 0 N–H and O–H groups in total. The topological polar surface area (TPSA) is 34.8 Å². The van der Waals surface area contributed by atoms with Crippen LogP contribution in [0.1, 0.15) is 25.3 Å². The molecule has 0 fully saturated rings. The van der Waals surface area contributed by atoms with E-state index in [2.05, 4.69) is 97.6 Å². The predicted molar refractivity (Wildman–Crippen MR) is 121 cm³/mol. The van der Waals surface area contributed by atoms with E-state index in [1.165, 1.54) is 16.6 Å². The molecule has 30 heavy (non-hydrogen) atoms. The lowest BCUT2D eigenvalue weighted by atomic mass is 10.1. The second-order valence-electron chi connectivity index (χ2n) is 8.35. The number of aromatic nitrogens is 3. The Labute approximate surface area is 176 Å². The summed E-state index contributed by atoms with van der Waals surface area (Å²) in [5.41, 5.74) is 7.56. The first-order valence-corrected chi connectivity index (χ1v) is 10.5. The van der Waals surface area contributed by atoms with Crippen LogP contribution in [-0.2, 0) is 13.5 Å². The first-order valence-electron chi connectivity index (χ1n) is 10.5. The molecule has 0 saturated heterocycles. The Kier molecular flexibility index (Phi) is 4.43. The van der Waals surface area contributed by atoms with E-state index in [4.69, 9.17) is 9.40 Å². The van der Waals surface area contributed by atoms with E-state index in [1.807, 2.05) is 6.07 Å². The number of benzene rings is 3. The SMILES string of the molecule is Cc1ccc2oc(CC(C)C)nc2c1-c1n(-c2ccccc2)c2ccccc2[n+]1C. The van der Waals surface area contributed by atoms with Crippen LogP contribution in [0.15, 0.2) is 71.1 Å². The summed E-state index contributed by atoms with van der Waals surface area (Å²) >= 11 is 0. The molecule has 5 aromatic rings. The third kappa shape index (κ3) is 2.91. The highest BCUT2D eigenvalue weighted by molar-refractivity contribution is 5.92. The Morgan fingerprint density at radius 2 is 1.70 bits per heavy atom. The van der Waals surface area contributed by atoms with Gasteiger partial charge >= 0.3 is 0 Å². The Morgan fingerprint density at radius 1 is 0.967 bits per heavy atom. The van der Waals surface area contributed by atoms with Gasteiger partial charge < -0.3 is 4.42 Å². The maximum Gasteiger partial charge on any atom is 0.297 e. The maximum atomic E-state index is 6.13. The molecule has 0 atom stereocenters. The molecule has 3 aromatic carbocycles. The molecule has 0 aliphatic heterocycles. The number of imidazole rings is 1. The van der Waals surface area contributed by atoms with E-state index < -0.39 is 0 Å². The van der Waals surface area contributed by atoms with Crippen molar-refractivity contribution in [2.75, 3.05) is 0 Å². The average Bonchev–Trinajstić information content (AvgIpc) is 3.27. The lowest BCUT2D eigenvalue weighted by Gasteiger charge is -2.07. The predicted octanol–water partition coefficient (Wildman–Crippen LogP) is 5.77. The number of fused-ring (bicyclic) bond motifs is 2. The van der Waals surface area contributed by atoms with Crippen molar-refractivity contribution in [3.8, 4) is 17.1 Å². The second-order valence-corrected chi connectivity index (χ2v) is 8.35. The van der Waals surface area contributed by atoms with Crippen molar-refractivity contribution >= 4 is 22.1 Å². The number of nitrogens with zero attached hydrogens (tertiary/aromatic N) is 3. The largest absolute Gasteiger partial charge is 0.441 e. The smallest absolute Gasteiger partial charge is 0.297 e. The molecule has 0 unspecified atom stereocenters. The second kappa shape index (κ2) is 7.13. The summed E-state index contributed by atoms with van der Waals surface area (Å²) in [5.74, 6) is 2.40. The zero-order valence-electron chi connectivity index (χ0n) is 17.9. The van der Waals surface area contributed by atoms with Gasteiger partial charge in [0, 0.05) is 6.42 Å². The summed E-state index contributed by atoms with van der Waals surface area (Å²) in [5, 5.41) is 0. The molecular weight excluding hydrogens is 370 g/mol. The van der Waals surface area contributed by atoms with Crippen LogP contribution in [0.2, 0.25) is 0 Å². The summed E-state index contributed by atoms with van der Waals surface area (Å²) in [4.78, 5) is 4.94. The molecule has 5 rings (SSSR count). The molecule has 0 bridgehead atoms. The number of para-hydroxylation sites is 3. The molecule has 0 aliphatic rings. The normalized spacial score (nSPS) is 11.8. The monoisotopic (exact) mass is 396 g/mol. The van der Waals surface area contributed by atoms with Crippen LogP contribution in [0.25, 0.3) is 39.2 Å². The fourth-order valence-corrected chi connectivity index (χ4v) is 4.29. The first kappa shape index (κ1) is 18.6. The van der Waals surface area contributed by atoms with E-state index in [1.54, 1.807) is 0 Å². The third-order valence-corrected chi connectivity index (χ3v) is 5.65. The minimum absolute atomic E-state index is 0.495. The van der Waals surface area contributed by atoms with Gasteiger partial charge in [-0.3, -0.25) is 0 Å². The number of aryl methyl sites for hydroxylation is 2. The van der Waals surface area contributed by atoms with E-state index >= 15 is 0 Å². The number of oxazole rings is 1. The molecule has 0 radical (unpaired) electrons. The minimum Gasteiger partial charge on any atom is -0.441 e. The Morgan fingerprint density at radius 3 is 2.47 bits per heavy atom. The molecule has 0 spiro atoms.